The second kappa shape index (κ2) is 4.59. The zero-order valence-corrected chi connectivity index (χ0v) is 10.9. The molecule has 3 rings (SSSR count). The van der Waals surface area contributed by atoms with Gasteiger partial charge in [0.15, 0.2) is 0 Å². The molecule has 0 fully saturated rings. The number of carbonyl (C=O) groups is 1. The van der Waals surface area contributed by atoms with E-state index in [1.165, 1.54) is 12.0 Å². The molecule has 0 radical (unpaired) electrons. The van der Waals surface area contributed by atoms with Crippen molar-refractivity contribution in [2.45, 2.75) is 13.0 Å². The predicted octanol–water partition coefficient (Wildman–Crippen LogP) is 1.97. The third-order valence-corrected chi connectivity index (χ3v) is 4.38. The van der Waals surface area contributed by atoms with Gasteiger partial charge in [0.1, 0.15) is 5.00 Å². The van der Waals surface area contributed by atoms with Gasteiger partial charge in [0.25, 0.3) is 0 Å². The number of esters is 1. The molecule has 2 aromatic heterocycles. The monoisotopic (exact) mass is 262 g/mol. The average molecular weight is 262 g/mol. The molecule has 0 bridgehead atoms. The van der Waals surface area contributed by atoms with Gasteiger partial charge < -0.3 is 14.6 Å². The maximum absolute atomic E-state index is 12.0. The fraction of sp³-hybridized carbons (Fsp3) is 0.308. The van der Waals surface area contributed by atoms with Crippen LogP contribution in [0.25, 0.3) is 5.00 Å². The largest absolute Gasteiger partial charge is 0.465 e. The summed E-state index contributed by atoms with van der Waals surface area (Å²) in [6.45, 7) is 1.75. The Balaban J connectivity index is 2.18. The zero-order valence-electron chi connectivity index (χ0n) is 10.1. The van der Waals surface area contributed by atoms with Crippen LogP contribution in [0.5, 0.6) is 0 Å². The molecule has 5 heteroatoms. The van der Waals surface area contributed by atoms with Crippen molar-refractivity contribution in [2.24, 2.45) is 0 Å². The second-order valence-corrected chi connectivity index (χ2v) is 5.28. The molecule has 18 heavy (non-hydrogen) atoms. The van der Waals surface area contributed by atoms with E-state index in [2.05, 4.69) is 5.32 Å². The molecule has 0 aromatic carbocycles. The lowest BCUT2D eigenvalue weighted by molar-refractivity contribution is 0.0600. The van der Waals surface area contributed by atoms with E-state index in [1.807, 2.05) is 29.1 Å². The van der Waals surface area contributed by atoms with Crippen LogP contribution in [0.2, 0.25) is 0 Å². The summed E-state index contributed by atoms with van der Waals surface area (Å²) in [6, 6.07) is 3.91. The summed E-state index contributed by atoms with van der Waals surface area (Å²) >= 11 is 1.66. The summed E-state index contributed by atoms with van der Waals surface area (Å²) < 4.78 is 6.91. The van der Waals surface area contributed by atoms with Gasteiger partial charge in [0.2, 0.25) is 0 Å². The average Bonchev–Trinajstić information content (AvgIpc) is 3.04. The van der Waals surface area contributed by atoms with Crippen molar-refractivity contribution >= 4 is 17.3 Å². The summed E-state index contributed by atoms with van der Waals surface area (Å²) in [5, 5.41) is 4.29. The maximum Gasteiger partial charge on any atom is 0.341 e. The molecule has 4 nitrogen and oxygen atoms in total. The van der Waals surface area contributed by atoms with Crippen LogP contribution in [0.15, 0.2) is 24.5 Å². The van der Waals surface area contributed by atoms with E-state index in [0.29, 0.717) is 0 Å². The molecule has 2 aromatic rings. The molecule has 0 aliphatic carbocycles. The summed E-state index contributed by atoms with van der Waals surface area (Å²) in [7, 11) is 1.44. The van der Waals surface area contributed by atoms with E-state index >= 15 is 0 Å². The minimum Gasteiger partial charge on any atom is -0.465 e. The van der Waals surface area contributed by atoms with Gasteiger partial charge in [-0.15, -0.1) is 11.3 Å². The first-order valence-electron chi connectivity index (χ1n) is 5.88. The standard InChI is InChI=1S/C13H14N2O2S/c1-17-13(16)11-9-4-5-14-8-10(9)18-12(11)15-6-2-3-7-15/h2-3,6-7,14H,4-5,8H2,1H3. The van der Waals surface area contributed by atoms with Gasteiger partial charge in [-0.2, -0.15) is 0 Å². The lowest BCUT2D eigenvalue weighted by Gasteiger charge is -2.13. The van der Waals surface area contributed by atoms with Crippen molar-refractivity contribution < 1.29 is 9.53 Å². The van der Waals surface area contributed by atoms with Crippen molar-refractivity contribution in [3.8, 4) is 5.00 Å². The van der Waals surface area contributed by atoms with E-state index < -0.39 is 0 Å². The van der Waals surface area contributed by atoms with E-state index in [9.17, 15) is 4.79 Å². The number of rotatable bonds is 2. The van der Waals surface area contributed by atoms with Crippen LogP contribution in [0.1, 0.15) is 20.8 Å². The molecule has 0 spiro atoms. The minimum absolute atomic E-state index is 0.238. The van der Waals surface area contributed by atoms with Crippen molar-refractivity contribution in [2.75, 3.05) is 13.7 Å². The smallest absolute Gasteiger partial charge is 0.341 e. The highest BCUT2D eigenvalue weighted by molar-refractivity contribution is 7.15. The van der Waals surface area contributed by atoms with Gasteiger partial charge in [0, 0.05) is 23.8 Å². The number of hydrogen-bond acceptors (Lipinski definition) is 4. The molecular formula is C13H14N2O2S. The number of nitrogens with zero attached hydrogens (tertiary/aromatic N) is 1. The Morgan fingerprint density at radius 1 is 1.44 bits per heavy atom. The van der Waals surface area contributed by atoms with Crippen molar-refractivity contribution in [3.63, 3.8) is 0 Å². The fourth-order valence-corrected chi connectivity index (χ4v) is 3.56. The van der Waals surface area contributed by atoms with Crippen LogP contribution in [0, 0.1) is 0 Å². The summed E-state index contributed by atoms with van der Waals surface area (Å²) in [5.41, 5.74) is 1.88. The molecule has 3 heterocycles. The number of ether oxygens (including phenoxy) is 1. The van der Waals surface area contributed by atoms with Gasteiger partial charge in [-0.05, 0) is 30.7 Å². The fourth-order valence-electron chi connectivity index (χ4n) is 2.28. The Kier molecular flexibility index (Phi) is 2.93. The highest BCUT2D eigenvalue weighted by Gasteiger charge is 2.26. The van der Waals surface area contributed by atoms with Gasteiger partial charge in [-0.1, -0.05) is 0 Å². The normalized spacial score (nSPS) is 14.3. The minimum atomic E-state index is -0.238. The number of carbonyl (C=O) groups excluding carboxylic acids is 1. The molecule has 0 amide bonds. The van der Waals surface area contributed by atoms with Gasteiger partial charge in [0.05, 0.1) is 12.7 Å². The van der Waals surface area contributed by atoms with Crippen LogP contribution in [-0.2, 0) is 17.7 Å². The molecule has 1 N–H and O–H groups in total. The van der Waals surface area contributed by atoms with Gasteiger partial charge in [-0.25, -0.2) is 4.79 Å². The Morgan fingerprint density at radius 2 is 2.22 bits per heavy atom. The van der Waals surface area contributed by atoms with Crippen LogP contribution < -0.4 is 5.32 Å². The SMILES string of the molecule is COC(=O)c1c(-n2cccc2)sc2c1CCNC2. The molecule has 94 valence electrons. The zero-order chi connectivity index (χ0) is 12.5. The molecular weight excluding hydrogens is 248 g/mol. The quantitative estimate of drug-likeness (QED) is 0.841. The molecule has 1 aliphatic rings. The lowest BCUT2D eigenvalue weighted by atomic mass is 10.0. The van der Waals surface area contributed by atoms with E-state index in [-0.39, 0.29) is 5.97 Å². The number of thiophene rings is 1. The second-order valence-electron chi connectivity index (χ2n) is 4.19. The topological polar surface area (TPSA) is 43.3 Å². The third-order valence-electron chi connectivity index (χ3n) is 3.14. The highest BCUT2D eigenvalue weighted by Crippen LogP contribution is 2.34. The van der Waals surface area contributed by atoms with E-state index in [1.54, 1.807) is 11.3 Å². The lowest BCUT2D eigenvalue weighted by Crippen LogP contribution is -2.23. The first kappa shape index (κ1) is 11.5. The summed E-state index contributed by atoms with van der Waals surface area (Å²) in [4.78, 5) is 13.3. The first-order valence-corrected chi connectivity index (χ1v) is 6.70. The van der Waals surface area contributed by atoms with Gasteiger partial charge >= 0.3 is 5.97 Å². The maximum atomic E-state index is 12.0. The van der Waals surface area contributed by atoms with Gasteiger partial charge in [-0.3, -0.25) is 0 Å². The van der Waals surface area contributed by atoms with Crippen molar-refractivity contribution in [1.82, 2.24) is 9.88 Å². The first-order chi connectivity index (χ1) is 8.81. The Bertz CT molecular complexity index is 572. The van der Waals surface area contributed by atoms with Crippen LogP contribution in [-0.4, -0.2) is 24.2 Å². The number of fused-ring (bicyclic) bond motifs is 1. The number of hydrogen-bond donors (Lipinski definition) is 1. The Hall–Kier alpha value is -1.59. The number of nitrogens with one attached hydrogen (secondary N) is 1. The van der Waals surface area contributed by atoms with Crippen molar-refractivity contribution in [1.29, 1.82) is 0 Å². The highest BCUT2D eigenvalue weighted by atomic mass is 32.1. The Morgan fingerprint density at radius 3 is 2.94 bits per heavy atom. The van der Waals surface area contributed by atoms with E-state index in [0.717, 1.165) is 35.6 Å². The third kappa shape index (κ3) is 1.76. The molecule has 0 saturated heterocycles. The Labute approximate surface area is 109 Å². The van der Waals surface area contributed by atoms with E-state index in [4.69, 9.17) is 4.74 Å². The summed E-state index contributed by atoms with van der Waals surface area (Å²) in [6.07, 6.45) is 4.80. The molecule has 0 unspecified atom stereocenters. The van der Waals surface area contributed by atoms with Crippen LogP contribution in [0.4, 0.5) is 0 Å². The van der Waals surface area contributed by atoms with Crippen LogP contribution >= 0.6 is 11.3 Å². The summed E-state index contributed by atoms with van der Waals surface area (Å²) in [5.74, 6) is -0.238. The number of aromatic nitrogens is 1. The van der Waals surface area contributed by atoms with Crippen molar-refractivity contribution in [3.05, 3.63) is 40.5 Å². The molecule has 1 aliphatic heterocycles. The van der Waals surface area contributed by atoms with Crippen LogP contribution in [0.3, 0.4) is 0 Å². The molecule has 0 atom stereocenters. The molecule has 0 saturated carbocycles. The number of methoxy groups -OCH3 is 1. The predicted molar refractivity (Wildman–Crippen MR) is 70.4 cm³/mol.